The van der Waals surface area contributed by atoms with Gasteiger partial charge in [-0.15, -0.1) is 0 Å². The SMILES string of the molecule is CC(c1ccccc1)N(O)C(=O)NC1=CC=C(S(=O)(=O)Cc2ccc3c(c2)CNC3)CC1. The molecule has 2 aromatic carbocycles. The van der Waals surface area contributed by atoms with Crippen molar-refractivity contribution in [2.75, 3.05) is 0 Å². The zero-order valence-electron chi connectivity index (χ0n) is 17.9. The third-order valence-corrected chi connectivity index (χ3v) is 7.75. The van der Waals surface area contributed by atoms with Crippen LogP contribution in [-0.4, -0.2) is 24.7 Å². The number of nitrogens with zero attached hydrogens (tertiary/aromatic N) is 1. The Morgan fingerprint density at radius 3 is 2.56 bits per heavy atom. The summed E-state index contributed by atoms with van der Waals surface area (Å²) >= 11 is 0. The Morgan fingerprint density at radius 1 is 1.09 bits per heavy atom. The second kappa shape index (κ2) is 9.28. The number of rotatable bonds is 6. The normalized spacial score (nSPS) is 16.6. The molecule has 1 heterocycles. The van der Waals surface area contributed by atoms with E-state index in [-0.39, 0.29) is 5.75 Å². The monoisotopic (exact) mass is 453 g/mol. The Kier molecular flexibility index (Phi) is 6.45. The van der Waals surface area contributed by atoms with E-state index < -0.39 is 21.9 Å². The minimum Gasteiger partial charge on any atom is -0.310 e. The summed E-state index contributed by atoms with van der Waals surface area (Å²) in [4.78, 5) is 12.8. The van der Waals surface area contributed by atoms with Crippen LogP contribution in [0.2, 0.25) is 0 Å². The highest BCUT2D eigenvalue weighted by atomic mass is 32.2. The molecule has 0 saturated carbocycles. The van der Waals surface area contributed by atoms with Crippen molar-refractivity contribution in [2.24, 2.45) is 0 Å². The van der Waals surface area contributed by atoms with Crippen molar-refractivity contribution in [3.05, 3.63) is 93.5 Å². The molecule has 1 aliphatic carbocycles. The standard InChI is InChI=1S/C24H27N3O4S/c1-17(19-5-3-2-4-6-19)27(29)24(28)26-22-9-11-23(12-10-22)32(30,31)16-18-7-8-20-14-25-15-21(20)13-18/h2-9,11,13,17,25,29H,10,12,14-16H2,1H3,(H,26,28). The molecular formula is C24H27N3O4S. The van der Waals surface area contributed by atoms with Crippen LogP contribution in [0, 0.1) is 0 Å². The molecule has 3 N–H and O–H groups in total. The van der Waals surface area contributed by atoms with Gasteiger partial charge in [-0.25, -0.2) is 13.2 Å². The van der Waals surface area contributed by atoms with Gasteiger partial charge in [-0.05, 0) is 54.2 Å². The lowest BCUT2D eigenvalue weighted by Gasteiger charge is -2.24. The molecule has 0 fully saturated rings. The molecule has 2 aromatic rings. The van der Waals surface area contributed by atoms with Gasteiger partial charge in [0.05, 0.1) is 11.8 Å². The summed E-state index contributed by atoms with van der Waals surface area (Å²) in [5.74, 6) is -0.0410. The van der Waals surface area contributed by atoms with Crippen LogP contribution >= 0.6 is 0 Å². The van der Waals surface area contributed by atoms with Gasteiger partial charge in [0.15, 0.2) is 9.84 Å². The van der Waals surface area contributed by atoms with Crippen LogP contribution in [0.25, 0.3) is 0 Å². The lowest BCUT2D eigenvalue weighted by Crippen LogP contribution is -2.39. The van der Waals surface area contributed by atoms with Crippen molar-refractivity contribution in [1.29, 1.82) is 0 Å². The topological polar surface area (TPSA) is 98.7 Å². The highest BCUT2D eigenvalue weighted by molar-refractivity contribution is 7.94. The average molecular weight is 454 g/mol. The zero-order valence-corrected chi connectivity index (χ0v) is 18.7. The second-order valence-corrected chi connectivity index (χ2v) is 10.2. The van der Waals surface area contributed by atoms with Crippen molar-refractivity contribution >= 4 is 15.9 Å². The summed E-state index contributed by atoms with van der Waals surface area (Å²) in [5, 5.41) is 16.8. The third-order valence-electron chi connectivity index (χ3n) is 5.89. The molecule has 0 radical (unpaired) electrons. The molecule has 8 heteroatoms. The van der Waals surface area contributed by atoms with Crippen LogP contribution in [0.3, 0.4) is 0 Å². The predicted molar refractivity (Wildman–Crippen MR) is 122 cm³/mol. The summed E-state index contributed by atoms with van der Waals surface area (Å²) in [6.07, 6.45) is 3.83. The first-order valence-electron chi connectivity index (χ1n) is 10.6. The van der Waals surface area contributed by atoms with Crippen LogP contribution < -0.4 is 10.6 Å². The molecule has 32 heavy (non-hydrogen) atoms. The van der Waals surface area contributed by atoms with Crippen LogP contribution in [-0.2, 0) is 28.7 Å². The van der Waals surface area contributed by atoms with E-state index in [1.807, 2.05) is 48.5 Å². The van der Waals surface area contributed by atoms with E-state index in [9.17, 15) is 18.4 Å². The van der Waals surface area contributed by atoms with E-state index in [2.05, 4.69) is 10.6 Å². The fraction of sp³-hybridized carbons (Fsp3) is 0.292. The Bertz CT molecular complexity index is 1170. The van der Waals surface area contributed by atoms with E-state index in [1.54, 1.807) is 19.1 Å². The van der Waals surface area contributed by atoms with Crippen molar-refractivity contribution in [1.82, 2.24) is 15.7 Å². The van der Waals surface area contributed by atoms with Gasteiger partial charge in [-0.1, -0.05) is 48.5 Å². The van der Waals surface area contributed by atoms with Crippen molar-refractivity contribution < 1.29 is 18.4 Å². The van der Waals surface area contributed by atoms with Crippen molar-refractivity contribution in [3.63, 3.8) is 0 Å². The number of hydrogen-bond donors (Lipinski definition) is 3. The molecule has 0 saturated heterocycles. The lowest BCUT2D eigenvalue weighted by atomic mass is 10.1. The number of nitrogens with one attached hydrogen (secondary N) is 2. The second-order valence-electron chi connectivity index (χ2n) is 8.15. The summed E-state index contributed by atoms with van der Waals surface area (Å²) in [5.41, 5.74) is 4.52. The summed E-state index contributed by atoms with van der Waals surface area (Å²) in [6, 6.07) is 13.9. The van der Waals surface area contributed by atoms with E-state index in [1.165, 1.54) is 5.56 Å². The van der Waals surface area contributed by atoms with Gasteiger partial charge in [0.1, 0.15) is 0 Å². The number of hydroxylamine groups is 2. The van der Waals surface area contributed by atoms with Crippen LogP contribution in [0.4, 0.5) is 4.79 Å². The number of fused-ring (bicyclic) bond motifs is 1. The number of carbonyl (C=O) groups excluding carboxylic acids is 1. The predicted octanol–water partition coefficient (Wildman–Crippen LogP) is 3.93. The molecule has 2 aliphatic rings. The molecule has 7 nitrogen and oxygen atoms in total. The van der Waals surface area contributed by atoms with E-state index >= 15 is 0 Å². The summed E-state index contributed by atoms with van der Waals surface area (Å²) < 4.78 is 25.8. The Labute approximate surface area is 188 Å². The first-order valence-corrected chi connectivity index (χ1v) is 12.3. The van der Waals surface area contributed by atoms with Gasteiger partial charge in [-0.3, -0.25) is 5.21 Å². The number of benzene rings is 2. The number of amides is 2. The fourth-order valence-corrected chi connectivity index (χ4v) is 5.47. The molecule has 1 unspecified atom stereocenters. The number of allylic oxidation sites excluding steroid dienone is 4. The quantitative estimate of drug-likeness (QED) is 0.455. The molecule has 0 aromatic heterocycles. The minimum atomic E-state index is -3.45. The lowest BCUT2D eigenvalue weighted by molar-refractivity contribution is -0.0736. The largest absolute Gasteiger partial charge is 0.345 e. The highest BCUT2D eigenvalue weighted by Crippen LogP contribution is 2.26. The Balaban J connectivity index is 1.39. The number of urea groups is 1. The fourth-order valence-electron chi connectivity index (χ4n) is 3.97. The molecule has 168 valence electrons. The summed E-state index contributed by atoms with van der Waals surface area (Å²) in [6.45, 7) is 3.31. The highest BCUT2D eigenvalue weighted by Gasteiger charge is 2.24. The van der Waals surface area contributed by atoms with Crippen LogP contribution in [0.1, 0.15) is 48.1 Å². The molecule has 4 rings (SSSR count). The molecule has 1 aliphatic heterocycles. The maximum absolute atomic E-state index is 12.9. The summed E-state index contributed by atoms with van der Waals surface area (Å²) in [7, 11) is -3.45. The van der Waals surface area contributed by atoms with Gasteiger partial charge < -0.3 is 10.6 Å². The van der Waals surface area contributed by atoms with Gasteiger partial charge in [0.25, 0.3) is 0 Å². The smallest absolute Gasteiger partial charge is 0.310 e. The molecular weight excluding hydrogens is 426 g/mol. The van der Waals surface area contributed by atoms with Gasteiger partial charge >= 0.3 is 6.03 Å². The first kappa shape index (κ1) is 22.3. The minimum absolute atomic E-state index is 0.0410. The van der Waals surface area contributed by atoms with Crippen molar-refractivity contribution in [3.8, 4) is 0 Å². The van der Waals surface area contributed by atoms with Gasteiger partial charge in [-0.2, -0.15) is 5.06 Å². The average Bonchev–Trinajstić information content (AvgIpc) is 3.26. The van der Waals surface area contributed by atoms with Gasteiger partial charge in [0.2, 0.25) is 0 Å². The number of sulfone groups is 1. The number of hydrogen-bond acceptors (Lipinski definition) is 5. The van der Waals surface area contributed by atoms with E-state index in [4.69, 9.17) is 0 Å². The Hall–Kier alpha value is -2.94. The maximum atomic E-state index is 12.9. The Morgan fingerprint density at radius 2 is 1.84 bits per heavy atom. The number of carbonyl (C=O) groups is 1. The molecule has 0 bridgehead atoms. The maximum Gasteiger partial charge on any atom is 0.345 e. The van der Waals surface area contributed by atoms with Crippen LogP contribution in [0.5, 0.6) is 0 Å². The first-order chi connectivity index (χ1) is 15.3. The zero-order chi connectivity index (χ0) is 22.7. The van der Waals surface area contributed by atoms with E-state index in [0.717, 1.165) is 29.8 Å². The van der Waals surface area contributed by atoms with E-state index in [0.29, 0.717) is 28.5 Å². The van der Waals surface area contributed by atoms with Gasteiger partial charge in [0, 0.05) is 23.7 Å². The molecule has 1 atom stereocenters. The van der Waals surface area contributed by atoms with Crippen LogP contribution in [0.15, 0.2) is 71.3 Å². The third kappa shape index (κ3) is 4.93. The molecule has 0 spiro atoms. The van der Waals surface area contributed by atoms with Crippen molar-refractivity contribution in [2.45, 2.75) is 44.6 Å². The molecule has 2 amide bonds.